The number of nitrogens with zero attached hydrogens (tertiary/aromatic N) is 1. The highest BCUT2D eigenvalue weighted by molar-refractivity contribution is 7.45. The number of likely N-dealkylation sites (N-methyl/N-ethyl adjacent to an activating group) is 1. The Hall–Kier alpha value is -1.25. The summed E-state index contributed by atoms with van der Waals surface area (Å²) in [5.74, 6) is -0.832. The first-order chi connectivity index (χ1) is 24.0. The maximum absolute atomic E-state index is 12.6. The number of hydrogen-bond donors (Lipinski definition) is 0. The second-order valence-electron chi connectivity index (χ2n) is 15.1. The lowest BCUT2D eigenvalue weighted by atomic mass is 10.0. The molecule has 0 aliphatic carbocycles. The Kier molecular flexibility index (Phi) is 32.7. The van der Waals surface area contributed by atoms with Gasteiger partial charge in [0.2, 0.25) is 0 Å². The Labute approximate surface area is 307 Å². The van der Waals surface area contributed by atoms with E-state index >= 15 is 0 Å². The Bertz CT molecular complexity index is 863. The quantitative estimate of drug-likeness (QED) is 0.0203. The Morgan fingerprint density at radius 2 is 1.06 bits per heavy atom. The molecule has 0 saturated carbocycles. The van der Waals surface area contributed by atoms with Crippen LogP contribution in [0.4, 0.5) is 0 Å². The standard InChI is InChI=1S/C40H78NO8P/c1-6-8-10-12-14-16-18-19-20-21-23-25-27-29-31-33-40(43)49-38(37-48-50(44,45)47-35-34-41(3,4)5)36-46-39(42)32-30-28-26-24-22-17-15-13-11-9-7-2/h6,38H,1,7-37H2,2-5H3/t38-/m1/s1. The fourth-order valence-electron chi connectivity index (χ4n) is 5.69. The second kappa shape index (κ2) is 33.6. The molecule has 2 atom stereocenters. The minimum Gasteiger partial charge on any atom is -0.756 e. The normalized spacial score (nSPS) is 13.5. The summed E-state index contributed by atoms with van der Waals surface area (Å²) in [6.07, 6.45) is 31.2. The van der Waals surface area contributed by atoms with Crippen LogP contribution in [0, 0.1) is 0 Å². The lowest BCUT2D eigenvalue weighted by Crippen LogP contribution is -2.37. The van der Waals surface area contributed by atoms with Crippen molar-refractivity contribution < 1.29 is 42.1 Å². The van der Waals surface area contributed by atoms with E-state index in [-0.39, 0.29) is 32.0 Å². The first-order valence-electron chi connectivity index (χ1n) is 20.4. The number of phosphoric acid groups is 1. The van der Waals surface area contributed by atoms with Gasteiger partial charge in [-0.15, -0.1) is 6.58 Å². The Morgan fingerprint density at radius 1 is 0.640 bits per heavy atom. The Balaban J connectivity index is 4.36. The predicted molar refractivity (Wildman–Crippen MR) is 204 cm³/mol. The van der Waals surface area contributed by atoms with Crippen LogP contribution in [0.25, 0.3) is 0 Å². The summed E-state index contributed by atoms with van der Waals surface area (Å²) >= 11 is 0. The van der Waals surface area contributed by atoms with Crippen LogP contribution in [-0.2, 0) is 32.7 Å². The molecule has 50 heavy (non-hydrogen) atoms. The van der Waals surface area contributed by atoms with Crippen LogP contribution >= 0.6 is 7.82 Å². The number of allylic oxidation sites excluding steroid dienone is 1. The average Bonchev–Trinajstić information content (AvgIpc) is 3.06. The molecule has 9 nitrogen and oxygen atoms in total. The average molecular weight is 732 g/mol. The van der Waals surface area contributed by atoms with Gasteiger partial charge in [-0.1, -0.05) is 148 Å². The first-order valence-corrected chi connectivity index (χ1v) is 21.8. The van der Waals surface area contributed by atoms with E-state index in [1.165, 1.54) is 109 Å². The summed E-state index contributed by atoms with van der Waals surface area (Å²) in [6.45, 7) is 5.74. The molecule has 0 aromatic heterocycles. The maximum Gasteiger partial charge on any atom is 0.306 e. The van der Waals surface area contributed by atoms with E-state index in [1.54, 1.807) is 0 Å². The van der Waals surface area contributed by atoms with Gasteiger partial charge < -0.3 is 27.9 Å². The molecule has 0 N–H and O–H groups in total. The van der Waals surface area contributed by atoms with Gasteiger partial charge in [-0.2, -0.15) is 0 Å². The topological polar surface area (TPSA) is 111 Å². The number of carbonyl (C=O) groups excluding carboxylic acids is 2. The van der Waals surface area contributed by atoms with E-state index in [9.17, 15) is 19.0 Å². The van der Waals surface area contributed by atoms with Crippen LogP contribution in [0.3, 0.4) is 0 Å². The molecule has 0 bridgehead atoms. The predicted octanol–water partition coefficient (Wildman–Crippen LogP) is 10.4. The van der Waals surface area contributed by atoms with Gasteiger partial charge in [0.1, 0.15) is 19.8 Å². The summed E-state index contributed by atoms with van der Waals surface area (Å²) in [5.41, 5.74) is 0. The largest absolute Gasteiger partial charge is 0.756 e. The van der Waals surface area contributed by atoms with Crippen molar-refractivity contribution in [1.29, 1.82) is 0 Å². The fourth-order valence-corrected chi connectivity index (χ4v) is 6.42. The first kappa shape index (κ1) is 48.8. The van der Waals surface area contributed by atoms with E-state index in [2.05, 4.69) is 13.5 Å². The van der Waals surface area contributed by atoms with Crippen LogP contribution in [-0.4, -0.2) is 70.0 Å². The lowest BCUT2D eigenvalue weighted by molar-refractivity contribution is -0.870. The van der Waals surface area contributed by atoms with Crippen molar-refractivity contribution in [1.82, 2.24) is 0 Å². The van der Waals surface area contributed by atoms with Crippen molar-refractivity contribution in [3.8, 4) is 0 Å². The number of carbonyl (C=O) groups is 2. The van der Waals surface area contributed by atoms with Crippen molar-refractivity contribution in [3.05, 3.63) is 12.7 Å². The summed E-state index contributed by atoms with van der Waals surface area (Å²) in [6, 6.07) is 0. The fraction of sp³-hybridized carbons (Fsp3) is 0.900. The van der Waals surface area contributed by atoms with Crippen molar-refractivity contribution in [2.75, 3.05) is 47.5 Å². The van der Waals surface area contributed by atoms with Crippen LogP contribution in [0.1, 0.15) is 180 Å². The van der Waals surface area contributed by atoms with Gasteiger partial charge in [-0.25, -0.2) is 0 Å². The highest BCUT2D eigenvalue weighted by Gasteiger charge is 2.21. The monoisotopic (exact) mass is 732 g/mol. The Morgan fingerprint density at radius 3 is 1.50 bits per heavy atom. The van der Waals surface area contributed by atoms with E-state index in [0.717, 1.165) is 44.9 Å². The van der Waals surface area contributed by atoms with Crippen LogP contribution in [0.15, 0.2) is 12.7 Å². The van der Waals surface area contributed by atoms with Crippen molar-refractivity contribution >= 4 is 19.8 Å². The molecular weight excluding hydrogens is 653 g/mol. The summed E-state index contributed by atoms with van der Waals surface area (Å²) in [4.78, 5) is 37.4. The van der Waals surface area contributed by atoms with E-state index in [1.807, 2.05) is 27.2 Å². The number of esters is 2. The van der Waals surface area contributed by atoms with Crippen molar-refractivity contribution in [2.24, 2.45) is 0 Å². The van der Waals surface area contributed by atoms with Gasteiger partial charge in [-0.05, 0) is 25.7 Å². The van der Waals surface area contributed by atoms with Crippen LogP contribution in [0.5, 0.6) is 0 Å². The molecule has 0 amide bonds. The number of phosphoric ester groups is 1. The third-order valence-electron chi connectivity index (χ3n) is 8.93. The zero-order valence-corrected chi connectivity index (χ0v) is 33.8. The molecule has 0 aromatic carbocycles. The van der Waals surface area contributed by atoms with Gasteiger partial charge >= 0.3 is 11.9 Å². The zero-order valence-electron chi connectivity index (χ0n) is 32.9. The molecule has 296 valence electrons. The minimum atomic E-state index is -4.61. The summed E-state index contributed by atoms with van der Waals surface area (Å²) in [5, 5.41) is 0. The smallest absolute Gasteiger partial charge is 0.306 e. The highest BCUT2D eigenvalue weighted by Crippen LogP contribution is 2.38. The van der Waals surface area contributed by atoms with Gasteiger partial charge in [0.25, 0.3) is 7.82 Å². The number of rotatable bonds is 38. The molecule has 0 heterocycles. The molecule has 0 spiro atoms. The van der Waals surface area contributed by atoms with Gasteiger partial charge in [0, 0.05) is 12.8 Å². The molecule has 0 radical (unpaired) electrons. The molecule has 10 heteroatoms. The molecule has 0 aromatic rings. The number of hydrogen-bond acceptors (Lipinski definition) is 8. The highest BCUT2D eigenvalue weighted by atomic mass is 31.2. The minimum absolute atomic E-state index is 0.0284. The molecule has 0 fully saturated rings. The maximum atomic E-state index is 12.6. The second-order valence-corrected chi connectivity index (χ2v) is 16.5. The van der Waals surface area contributed by atoms with Crippen LogP contribution < -0.4 is 4.89 Å². The van der Waals surface area contributed by atoms with Gasteiger partial charge in [0.15, 0.2) is 6.10 Å². The molecule has 0 aliphatic heterocycles. The molecular formula is C40H78NO8P. The number of ether oxygens (including phenoxy) is 2. The molecule has 0 rings (SSSR count). The third-order valence-corrected chi connectivity index (χ3v) is 9.90. The summed E-state index contributed by atoms with van der Waals surface area (Å²) in [7, 11) is 1.17. The lowest BCUT2D eigenvalue weighted by Gasteiger charge is -2.28. The van der Waals surface area contributed by atoms with Crippen LogP contribution in [0.2, 0.25) is 0 Å². The van der Waals surface area contributed by atoms with E-state index < -0.39 is 26.5 Å². The number of unbranched alkanes of at least 4 members (excludes halogenated alkanes) is 23. The molecule has 1 unspecified atom stereocenters. The SMILES string of the molecule is C=CCCCCCCCCCCCCCCCC(=O)O[C@H](COC(=O)CCCCCCCCCCCCC)COP(=O)([O-])OCC[N+](C)(C)C. The zero-order chi connectivity index (χ0) is 37.2. The third kappa shape index (κ3) is 36.5. The van der Waals surface area contributed by atoms with Gasteiger partial charge in [0.05, 0.1) is 27.7 Å². The summed E-state index contributed by atoms with van der Waals surface area (Å²) < 4.78 is 33.8. The van der Waals surface area contributed by atoms with Crippen molar-refractivity contribution in [2.45, 2.75) is 186 Å². The van der Waals surface area contributed by atoms with Crippen molar-refractivity contribution in [3.63, 3.8) is 0 Å². The molecule has 0 aliphatic rings. The van der Waals surface area contributed by atoms with E-state index in [4.69, 9.17) is 18.5 Å². The number of quaternary nitrogens is 1. The van der Waals surface area contributed by atoms with E-state index in [0.29, 0.717) is 17.4 Å². The molecule has 0 saturated heterocycles. The van der Waals surface area contributed by atoms with Gasteiger partial charge in [-0.3, -0.25) is 14.2 Å².